The first-order chi connectivity index (χ1) is 13.8. The average molecular weight is 420 g/mol. The number of aryl methyl sites for hydroxylation is 1. The lowest BCUT2D eigenvalue weighted by molar-refractivity contribution is -0.118. The number of sulfonamides is 1. The molecule has 0 aliphatic rings. The minimum Gasteiger partial charge on any atom is -0.484 e. The number of nitrogens with one attached hydrogen (secondary N) is 3. The first-order valence-corrected chi connectivity index (χ1v) is 10.7. The molecule has 156 valence electrons. The van der Waals surface area contributed by atoms with Crippen molar-refractivity contribution in [3.8, 4) is 5.75 Å². The molecule has 9 heteroatoms. The Morgan fingerprint density at radius 2 is 1.66 bits per heavy atom. The van der Waals surface area contributed by atoms with Crippen molar-refractivity contribution in [1.82, 2.24) is 10.0 Å². The molecule has 3 amide bonds. The summed E-state index contributed by atoms with van der Waals surface area (Å²) in [6.07, 6.45) is 1.64. The van der Waals surface area contributed by atoms with Gasteiger partial charge in [0.1, 0.15) is 5.75 Å². The molecule has 3 N–H and O–H groups in total. The van der Waals surface area contributed by atoms with Gasteiger partial charge in [0.05, 0.1) is 4.90 Å². The van der Waals surface area contributed by atoms with Crippen molar-refractivity contribution in [2.45, 2.75) is 31.6 Å². The molecule has 0 spiro atoms. The van der Waals surface area contributed by atoms with E-state index in [2.05, 4.69) is 10.6 Å². The summed E-state index contributed by atoms with van der Waals surface area (Å²) in [5, 5.41) is 5.10. The van der Waals surface area contributed by atoms with Crippen molar-refractivity contribution >= 4 is 27.6 Å². The number of benzene rings is 2. The summed E-state index contributed by atoms with van der Waals surface area (Å²) in [6.45, 7) is 4.14. The summed E-state index contributed by atoms with van der Waals surface area (Å²) in [5.74, 6) is 0.199. The van der Waals surface area contributed by atoms with Crippen LogP contribution in [0.1, 0.15) is 25.3 Å². The quantitative estimate of drug-likeness (QED) is 0.541. The third-order valence-corrected chi connectivity index (χ3v) is 5.23. The van der Waals surface area contributed by atoms with Crippen LogP contribution in [0.3, 0.4) is 0 Å². The molecule has 0 atom stereocenters. The molecule has 0 radical (unpaired) electrons. The zero-order chi connectivity index (χ0) is 21.3. The van der Waals surface area contributed by atoms with Gasteiger partial charge in [0, 0.05) is 12.2 Å². The molecule has 8 nitrogen and oxygen atoms in total. The lowest BCUT2D eigenvalue weighted by Gasteiger charge is -2.10. The largest absolute Gasteiger partial charge is 0.484 e. The van der Waals surface area contributed by atoms with Crippen LogP contribution in [-0.2, 0) is 14.8 Å². The molecular formula is C20H25N3O5S. The first-order valence-electron chi connectivity index (χ1n) is 9.20. The molecule has 0 heterocycles. The topological polar surface area (TPSA) is 114 Å². The number of hydrogen-bond acceptors (Lipinski definition) is 5. The second-order valence-corrected chi connectivity index (χ2v) is 8.07. The third-order valence-electron chi connectivity index (χ3n) is 3.88. The number of ether oxygens (including phenoxy) is 1. The minimum atomic E-state index is -3.99. The van der Waals surface area contributed by atoms with Crippen LogP contribution in [0, 0.1) is 6.92 Å². The van der Waals surface area contributed by atoms with Crippen LogP contribution in [-0.4, -0.2) is 33.5 Å². The van der Waals surface area contributed by atoms with Gasteiger partial charge in [-0.2, -0.15) is 0 Å². The summed E-state index contributed by atoms with van der Waals surface area (Å²) < 4.78 is 31.8. The Kier molecular flexibility index (Phi) is 8.02. The number of urea groups is 1. The van der Waals surface area contributed by atoms with Gasteiger partial charge in [-0.05, 0) is 49.7 Å². The Morgan fingerprint density at radius 1 is 1.00 bits per heavy atom. The maximum absolute atomic E-state index is 12.2. The average Bonchev–Trinajstić information content (AvgIpc) is 2.68. The molecule has 0 unspecified atom stereocenters. The molecule has 0 aliphatic heterocycles. The molecule has 0 bridgehead atoms. The highest BCUT2D eigenvalue weighted by Gasteiger charge is 2.17. The predicted octanol–water partition coefficient (Wildman–Crippen LogP) is 2.80. The molecule has 0 saturated heterocycles. The standard InChI is InChI=1S/C20H25N3O5S/c1-3-4-13-21-20(25)23-29(26,27)18-11-7-16(8-12-18)22-19(24)14-28-17-9-5-15(2)6-10-17/h5-12H,3-4,13-14H2,1-2H3,(H,22,24)(H2,21,23,25). The van der Waals surface area contributed by atoms with Gasteiger partial charge >= 0.3 is 6.03 Å². The second-order valence-electron chi connectivity index (χ2n) is 6.39. The molecule has 0 aliphatic carbocycles. The molecular weight excluding hydrogens is 394 g/mol. The van der Waals surface area contributed by atoms with E-state index < -0.39 is 16.1 Å². The number of carbonyl (C=O) groups is 2. The molecule has 29 heavy (non-hydrogen) atoms. The lowest BCUT2D eigenvalue weighted by Crippen LogP contribution is -2.39. The third kappa shape index (κ3) is 7.46. The number of amides is 3. The highest BCUT2D eigenvalue weighted by molar-refractivity contribution is 7.90. The van der Waals surface area contributed by atoms with Gasteiger partial charge in [-0.25, -0.2) is 17.9 Å². The monoisotopic (exact) mass is 419 g/mol. The van der Waals surface area contributed by atoms with E-state index in [-0.39, 0.29) is 17.4 Å². The van der Waals surface area contributed by atoms with Gasteiger partial charge in [0.15, 0.2) is 6.61 Å². The fraction of sp³-hybridized carbons (Fsp3) is 0.300. The maximum Gasteiger partial charge on any atom is 0.328 e. The highest BCUT2D eigenvalue weighted by Crippen LogP contribution is 2.15. The van der Waals surface area contributed by atoms with Crippen LogP contribution in [0.25, 0.3) is 0 Å². The van der Waals surface area contributed by atoms with E-state index in [1.165, 1.54) is 24.3 Å². The zero-order valence-corrected chi connectivity index (χ0v) is 17.2. The van der Waals surface area contributed by atoms with E-state index in [0.29, 0.717) is 18.0 Å². The van der Waals surface area contributed by atoms with Crippen LogP contribution in [0.5, 0.6) is 5.75 Å². The maximum atomic E-state index is 12.2. The first kappa shape index (κ1) is 22.2. The van der Waals surface area contributed by atoms with Crippen molar-refractivity contribution in [2.24, 2.45) is 0 Å². The van der Waals surface area contributed by atoms with Crippen molar-refractivity contribution in [2.75, 3.05) is 18.5 Å². The van der Waals surface area contributed by atoms with Crippen LogP contribution in [0.4, 0.5) is 10.5 Å². The van der Waals surface area contributed by atoms with E-state index in [9.17, 15) is 18.0 Å². The van der Waals surface area contributed by atoms with Crippen molar-refractivity contribution < 1.29 is 22.7 Å². The van der Waals surface area contributed by atoms with Gasteiger partial charge in [-0.15, -0.1) is 0 Å². The Bertz CT molecular complexity index is 926. The molecule has 2 aromatic rings. The number of rotatable bonds is 9. The molecule has 0 saturated carbocycles. The fourth-order valence-electron chi connectivity index (χ4n) is 2.29. The van der Waals surface area contributed by atoms with Gasteiger partial charge < -0.3 is 15.4 Å². The SMILES string of the molecule is CCCCNC(=O)NS(=O)(=O)c1ccc(NC(=O)COc2ccc(C)cc2)cc1. The van der Waals surface area contributed by atoms with Crippen molar-refractivity contribution in [3.63, 3.8) is 0 Å². The lowest BCUT2D eigenvalue weighted by atomic mass is 10.2. The highest BCUT2D eigenvalue weighted by atomic mass is 32.2. The second kappa shape index (κ2) is 10.5. The van der Waals surface area contributed by atoms with E-state index >= 15 is 0 Å². The van der Waals surface area contributed by atoms with Crippen molar-refractivity contribution in [1.29, 1.82) is 0 Å². The molecule has 2 aromatic carbocycles. The molecule has 2 rings (SSSR count). The van der Waals surface area contributed by atoms with Gasteiger partial charge in [0.25, 0.3) is 15.9 Å². The summed E-state index contributed by atoms with van der Waals surface area (Å²) >= 11 is 0. The van der Waals surface area contributed by atoms with E-state index in [1.54, 1.807) is 12.1 Å². The Hall–Kier alpha value is -3.07. The van der Waals surface area contributed by atoms with Gasteiger partial charge in [-0.3, -0.25) is 4.79 Å². The van der Waals surface area contributed by atoms with Crippen LogP contribution >= 0.6 is 0 Å². The zero-order valence-electron chi connectivity index (χ0n) is 16.4. The van der Waals surface area contributed by atoms with E-state index in [1.807, 2.05) is 30.7 Å². The number of anilines is 1. The summed E-state index contributed by atoms with van der Waals surface area (Å²) in [4.78, 5) is 23.6. The Labute approximate surface area is 170 Å². The van der Waals surface area contributed by atoms with E-state index in [0.717, 1.165) is 18.4 Å². The minimum absolute atomic E-state index is 0.0861. The Balaban J connectivity index is 1.87. The summed E-state index contributed by atoms with van der Waals surface area (Å²) in [6, 6.07) is 12.0. The van der Waals surface area contributed by atoms with E-state index in [4.69, 9.17) is 4.74 Å². The molecule has 0 fully saturated rings. The number of hydrogen-bond donors (Lipinski definition) is 3. The molecule has 0 aromatic heterocycles. The number of carbonyl (C=O) groups excluding carboxylic acids is 2. The van der Waals surface area contributed by atoms with Crippen LogP contribution < -0.4 is 20.1 Å². The predicted molar refractivity (Wildman–Crippen MR) is 110 cm³/mol. The van der Waals surface area contributed by atoms with Gasteiger partial charge in [-0.1, -0.05) is 31.0 Å². The normalized spacial score (nSPS) is 10.8. The van der Waals surface area contributed by atoms with Crippen LogP contribution in [0.2, 0.25) is 0 Å². The van der Waals surface area contributed by atoms with Crippen LogP contribution in [0.15, 0.2) is 53.4 Å². The summed E-state index contributed by atoms with van der Waals surface area (Å²) in [7, 11) is -3.99. The Morgan fingerprint density at radius 3 is 2.28 bits per heavy atom. The summed E-state index contributed by atoms with van der Waals surface area (Å²) in [5.41, 5.74) is 1.50. The number of unbranched alkanes of at least 4 members (excludes halogenated alkanes) is 1. The van der Waals surface area contributed by atoms with Crippen molar-refractivity contribution in [3.05, 3.63) is 54.1 Å². The fourth-order valence-corrected chi connectivity index (χ4v) is 3.22. The smallest absolute Gasteiger partial charge is 0.328 e. The van der Waals surface area contributed by atoms with Gasteiger partial charge in [0.2, 0.25) is 0 Å².